The number of hydrogen-bond acceptors (Lipinski definition) is 10. The first-order valence-electron chi connectivity index (χ1n) is 24.9. The quantitative estimate of drug-likeness (QED) is 0.130. The summed E-state index contributed by atoms with van der Waals surface area (Å²) < 4.78 is 54.2. The number of aryl methyl sites for hydroxylation is 1. The fourth-order valence-electron chi connectivity index (χ4n) is 9.88. The molecule has 0 bridgehead atoms. The second-order valence-electron chi connectivity index (χ2n) is 22.4. The summed E-state index contributed by atoms with van der Waals surface area (Å²) in [6.07, 6.45) is -3.55. The van der Waals surface area contributed by atoms with E-state index in [9.17, 15) is 19.5 Å². The first-order valence-corrected chi connectivity index (χ1v) is 26.8. The average Bonchev–Trinajstić information content (AvgIpc) is 3.29. The Hall–Kier alpha value is -6.98. The monoisotopic (exact) mass is 1030 g/mol. The van der Waals surface area contributed by atoms with E-state index in [-0.39, 0.29) is 47.5 Å². The van der Waals surface area contributed by atoms with Crippen molar-refractivity contribution < 1.29 is 42.2 Å². The molecule has 0 spiro atoms. The molecule has 4 aromatic carbocycles. The molecule has 0 saturated carbocycles. The van der Waals surface area contributed by atoms with Crippen molar-refractivity contribution in [1.29, 1.82) is 0 Å². The highest BCUT2D eigenvalue weighted by Crippen LogP contribution is 2.41. The Morgan fingerprint density at radius 3 is 1.85 bits per heavy atom. The van der Waals surface area contributed by atoms with E-state index in [2.05, 4.69) is 50.0 Å². The van der Waals surface area contributed by atoms with E-state index in [1.165, 1.54) is 21.6 Å². The van der Waals surface area contributed by atoms with Gasteiger partial charge in [-0.05, 0) is 119 Å². The molecule has 2 atom stereocenters. The van der Waals surface area contributed by atoms with Gasteiger partial charge < -0.3 is 28.8 Å². The molecule has 1 aliphatic heterocycles. The van der Waals surface area contributed by atoms with E-state index in [0.717, 1.165) is 28.1 Å². The van der Waals surface area contributed by atoms with Crippen LogP contribution in [0.15, 0.2) is 102 Å². The number of carbonyl (C=O) groups excluding carboxylic acids is 2. The number of hydrogen-bond donors (Lipinski definition) is 1. The maximum atomic E-state index is 17.4. The fraction of sp³-hybridized carbons (Fsp3) is 0.404. The van der Waals surface area contributed by atoms with Gasteiger partial charge in [-0.2, -0.15) is 9.88 Å². The molecule has 17 heteroatoms. The number of carboxylic acid groups (broad SMARTS) is 1. The van der Waals surface area contributed by atoms with Crippen molar-refractivity contribution >= 4 is 59.5 Å². The average molecular weight is 1030 g/mol. The lowest BCUT2D eigenvalue weighted by molar-refractivity contribution is 0.0430. The minimum absolute atomic E-state index is 0.0422. The molecule has 7 rings (SSSR count). The van der Waals surface area contributed by atoms with Crippen LogP contribution in [0.1, 0.15) is 113 Å². The Bertz CT molecular complexity index is 3080. The van der Waals surface area contributed by atoms with Crippen molar-refractivity contribution in [2.45, 2.75) is 138 Å². The van der Waals surface area contributed by atoms with Crippen LogP contribution < -0.4 is 25.9 Å². The van der Waals surface area contributed by atoms with Gasteiger partial charge in [-0.25, -0.2) is 37.5 Å². The van der Waals surface area contributed by atoms with Crippen LogP contribution in [0.5, 0.6) is 0 Å². The van der Waals surface area contributed by atoms with E-state index < -0.39 is 84.2 Å². The van der Waals surface area contributed by atoms with Crippen molar-refractivity contribution in [2.24, 2.45) is 0 Å². The highest BCUT2D eigenvalue weighted by molar-refractivity contribution is 6.99. The molecule has 1 aliphatic rings. The molecule has 3 amide bonds. The van der Waals surface area contributed by atoms with E-state index >= 15 is 13.6 Å². The zero-order valence-corrected chi connectivity index (χ0v) is 45.8. The van der Waals surface area contributed by atoms with Crippen LogP contribution in [0.4, 0.5) is 34.7 Å². The molecule has 0 unspecified atom stereocenters. The van der Waals surface area contributed by atoms with Gasteiger partial charge >= 0.3 is 24.0 Å². The Morgan fingerprint density at radius 1 is 0.770 bits per heavy atom. The third-order valence-electron chi connectivity index (χ3n) is 13.0. The summed E-state index contributed by atoms with van der Waals surface area (Å²) in [6, 6.07) is 28.1. The van der Waals surface area contributed by atoms with Gasteiger partial charge in [-0.1, -0.05) is 113 Å². The van der Waals surface area contributed by atoms with E-state index in [1.807, 2.05) is 69.3 Å². The first-order chi connectivity index (χ1) is 34.5. The smallest absolute Gasteiger partial charge is 0.424 e. The molecule has 1 saturated heterocycles. The predicted octanol–water partition coefficient (Wildman–Crippen LogP) is 11.5. The van der Waals surface area contributed by atoms with E-state index in [1.54, 1.807) is 60.3 Å². The summed E-state index contributed by atoms with van der Waals surface area (Å²) in [4.78, 5) is 68.5. The number of rotatable bonds is 10. The lowest BCUT2D eigenvalue weighted by Gasteiger charge is -2.43. The third-order valence-corrected chi connectivity index (χ3v) is 18.0. The van der Waals surface area contributed by atoms with Crippen molar-refractivity contribution in [2.75, 3.05) is 22.9 Å². The normalized spacial score (nSPS) is 15.6. The van der Waals surface area contributed by atoms with Crippen LogP contribution in [0.25, 0.3) is 28.0 Å². The van der Waals surface area contributed by atoms with Crippen molar-refractivity contribution in [3.05, 3.63) is 136 Å². The number of benzene rings is 4. The number of halogens is 2. The molecule has 0 aliphatic carbocycles. The van der Waals surface area contributed by atoms with Gasteiger partial charge in [0.2, 0.25) is 0 Å². The van der Waals surface area contributed by atoms with Crippen LogP contribution in [-0.2, 0) is 20.5 Å². The number of piperazine rings is 1. The maximum Gasteiger partial charge on any atom is 0.424 e. The Morgan fingerprint density at radius 2 is 1.34 bits per heavy atom. The minimum atomic E-state index is -3.00. The highest BCUT2D eigenvalue weighted by atomic mass is 28.4. The van der Waals surface area contributed by atoms with Gasteiger partial charge in [0.15, 0.2) is 11.5 Å². The molecule has 2 aromatic heterocycles. The highest BCUT2D eigenvalue weighted by Gasteiger charge is 2.50. The number of carbonyl (C=O) groups is 3. The summed E-state index contributed by atoms with van der Waals surface area (Å²) in [6.45, 7) is 25.8. The molecule has 392 valence electrons. The Labute approximate surface area is 433 Å². The number of amides is 3. The number of fused-ring (bicyclic) bond motifs is 1. The largest absolute Gasteiger partial charge is 0.465 e. The molecule has 74 heavy (non-hydrogen) atoms. The molecule has 3 heterocycles. The molecule has 0 radical (unpaired) electrons. The maximum absolute atomic E-state index is 17.4. The zero-order chi connectivity index (χ0) is 54.4. The summed E-state index contributed by atoms with van der Waals surface area (Å²) in [5.41, 5.74) is -2.24. The fourth-order valence-corrected chi connectivity index (χ4v) is 14.4. The summed E-state index contributed by atoms with van der Waals surface area (Å²) in [7, 11) is -3.00. The number of imide groups is 1. The van der Waals surface area contributed by atoms with Gasteiger partial charge in [0, 0.05) is 25.2 Å². The molecule has 1 N–H and O–H groups in total. The molecular formula is C57H68F2N6O8Si. The third kappa shape index (κ3) is 10.9. The second-order valence-corrected chi connectivity index (χ2v) is 26.7. The molecule has 6 aromatic rings. The number of anilines is 2. The van der Waals surface area contributed by atoms with Gasteiger partial charge in [0.25, 0.3) is 8.32 Å². The topological polar surface area (TPSA) is 157 Å². The number of ether oxygens (including phenoxy) is 2. The minimum Gasteiger partial charge on any atom is -0.465 e. The summed E-state index contributed by atoms with van der Waals surface area (Å²) >= 11 is 0. The first kappa shape index (κ1) is 54.8. The van der Waals surface area contributed by atoms with Crippen LogP contribution in [0.3, 0.4) is 0 Å². The summed E-state index contributed by atoms with van der Waals surface area (Å²) in [5, 5.41) is 12.0. The lowest BCUT2D eigenvalue weighted by atomic mass is 9.95. The van der Waals surface area contributed by atoms with E-state index in [0.29, 0.717) is 21.7 Å². The molecule has 1 fully saturated rings. The standard InChI is InChI=1S/C57H68F2N6O8Si/c1-34(2)41-29-38(33-71-74(57(12,13)14,39-22-17-15-18-23-39)40-24-19-16-20-25-40)28-35(3)48(41)65-50-42(49(61-51(65)66)62-31-37(5)63(52(67)68)32-36(62)4)30-44(59)47(60-50)46-43(58)26-21-27-45(46)64(53(69)72-55(6,7)8)54(70)73-56(9,10)11/h15-30,34,36-37H,31-33H2,1-14H3,(H,67,68)/t36-,37+/m0/s1. The number of pyridine rings is 1. The molecule has 14 nitrogen and oxygen atoms in total. The van der Waals surface area contributed by atoms with Crippen molar-refractivity contribution in [1.82, 2.24) is 19.4 Å². The zero-order valence-electron chi connectivity index (χ0n) is 44.8. The van der Waals surface area contributed by atoms with E-state index in [4.69, 9.17) is 18.9 Å². The molecular weight excluding hydrogens is 963 g/mol. The Balaban J connectivity index is 1.49. The summed E-state index contributed by atoms with van der Waals surface area (Å²) in [5.74, 6) is -2.31. The Kier molecular flexibility index (Phi) is 15.3. The number of nitrogens with zero attached hydrogens (tertiary/aromatic N) is 6. The van der Waals surface area contributed by atoms with Gasteiger partial charge in [-0.3, -0.25) is 0 Å². The van der Waals surface area contributed by atoms with Crippen LogP contribution in [0.2, 0.25) is 5.04 Å². The van der Waals surface area contributed by atoms with Gasteiger partial charge in [0.05, 0.1) is 28.9 Å². The SMILES string of the molecule is Cc1cc(CO[Si](c2ccccc2)(c2ccccc2)C(C)(C)C)cc(C(C)C)c1-n1c(=O)nc(N2C[C@@H](C)N(C(=O)O)C[C@@H]2C)c2cc(F)c(-c3c(F)cccc3N(C(=O)OC(C)(C)C)C(=O)OC(C)(C)C)nc21. The number of aromatic nitrogens is 3. The van der Waals surface area contributed by atoms with Crippen LogP contribution >= 0.6 is 0 Å². The van der Waals surface area contributed by atoms with Gasteiger partial charge in [-0.15, -0.1) is 0 Å². The van der Waals surface area contributed by atoms with Crippen LogP contribution in [0, 0.1) is 18.6 Å². The lowest BCUT2D eigenvalue weighted by Crippen LogP contribution is -2.66. The van der Waals surface area contributed by atoms with Gasteiger partial charge in [0.1, 0.15) is 28.5 Å². The van der Waals surface area contributed by atoms with Crippen LogP contribution in [-0.4, -0.2) is 87.5 Å². The van der Waals surface area contributed by atoms with Crippen molar-refractivity contribution in [3.63, 3.8) is 0 Å². The second kappa shape index (κ2) is 20.7. The predicted molar refractivity (Wildman–Crippen MR) is 288 cm³/mol. The van der Waals surface area contributed by atoms with Crippen molar-refractivity contribution in [3.8, 4) is 16.9 Å².